The number of benzene rings is 1. The summed E-state index contributed by atoms with van der Waals surface area (Å²) in [5, 5.41) is 15.0. The van der Waals surface area contributed by atoms with Crippen LogP contribution in [-0.4, -0.2) is 46.1 Å². The molecule has 0 radical (unpaired) electrons. The van der Waals surface area contributed by atoms with Gasteiger partial charge >= 0.3 is 0 Å². The zero-order valence-electron chi connectivity index (χ0n) is 29.5. The molecule has 4 aromatic heterocycles. The minimum absolute atomic E-state index is 0.0558. The molecule has 2 N–H and O–H groups in total. The standard InChI is InChI=1S/C37H31ClF6N8O2S/c1-36(2,3)12-11-21-5-6-22(23-8-10-27(38)52-34(23)47-48-35(52)50-55(4)54)30(45-21)26(15-18-13-19(39)16-20(40)14-18)46-28(53)17-51-32-29(31(49-51)33(41)42)24-7-9-25(24)37(32,43)44/h5-10,13-14,16,24-26,33H,15,17H2,1-4H3,(H,46,53)(H,48,50)/t24-,25+,26-,55?/m0/s1. The van der Waals surface area contributed by atoms with Gasteiger partial charge in [0.05, 0.1) is 29.0 Å². The number of hydrogen-bond acceptors (Lipinski definition) is 7. The molecule has 5 aromatic rings. The maximum atomic E-state index is 15.6. The predicted octanol–water partition coefficient (Wildman–Crippen LogP) is 7.44. The van der Waals surface area contributed by atoms with Crippen LogP contribution in [0.4, 0.5) is 32.3 Å². The van der Waals surface area contributed by atoms with Gasteiger partial charge in [-0.2, -0.15) is 18.6 Å². The number of aromatic nitrogens is 6. The fraction of sp³-hybridized carbons (Fsp3) is 0.324. The lowest BCUT2D eigenvalue weighted by atomic mass is 9.81. The summed E-state index contributed by atoms with van der Waals surface area (Å²) in [6.45, 7) is 4.77. The van der Waals surface area contributed by atoms with Crippen LogP contribution in [0.3, 0.4) is 0 Å². The molecule has 1 unspecified atom stereocenters. The third kappa shape index (κ3) is 7.38. The quantitative estimate of drug-likeness (QED) is 0.0495. The van der Waals surface area contributed by atoms with E-state index in [0.29, 0.717) is 21.9 Å². The number of allylic oxidation sites excluding steroid dienone is 2. The lowest BCUT2D eigenvalue weighted by Crippen LogP contribution is -2.35. The summed E-state index contributed by atoms with van der Waals surface area (Å²) in [5.74, 6) is -2.46. The summed E-state index contributed by atoms with van der Waals surface area (Å²) in [6, 6.07) is 7.93. The molecule has 0 fully saturated rings. The molecule has 286 valence electrons. The summed E-state index contributed by atoms with van der Waals surface area (Å²) in [5.41, 5.74) is -1.02. The first kappa shape index (κ1) is 38.2. The Morgan fingerprint density at radius 2 is 1.76 bits per heavy atom. The van der Waals surface area contributed by atoms with Crippen LogP contribution < -0.4 is 10.0 Å². The lowest BCUT2D eigenvalue weighted by molar-refractivity contribution is -0.123. The van der Waals surface area contributed by atoms with Gasteiger partial charge in [0.2, 0.25) is 5.91 Å². The van der Waals surface area contributed by atoms with Crippen molar-refractivity contribution in [1.82, 2.24) is 34.7 Å². The van der Waals surface area contributed by atoms with Gasteiger partial charge in [-0.15, -0.1) is 10.2 Å². The highest BCUT2D eigenvalue weighted by Crippen LogP contribution is 2.59. The number of anilines is 1. The van der Waals surface area contributed by atoms with Crippen molar-refractivity contribution in [2.75, 3.05) is 11.0 Å². The third-order valence-corrected chi connectivity index (χ3v) is 9.81. The first-order valence-corrected chi connectivity index (χ1v) is 18.7. The van der Waals surface area contributed by atoms with Crippen molar-refractivity contribution in [3.8, 4) is 23.0 Å². The first-order chi connectivity index (χ1) is 25.9. The second-order valence-corrected chi connectivity index (χ2v) is 15.7. The molecule has 0 spiro atoms. The average molecular weight is 801 g/mol. The number of pyridine rings is 2. The van der Waals surface area contributed by atoms with E-state index < -0.39 is 82.5 Å². The number of hydrogen-bond donors (Lipinski definition) is 2. The van der Waals surface area contributed by atoms with E-state index in [0.717, 1.165) is 12.1 Å². The smallest absolute Gasteiger partial charge is 0.296 e. The highest BCUT2D eigenvalue weighted by atomic mass is 35.5. The van der Waals surface area contributed by atoms with Gasteiger partial charge in [-0.25, -0.2) is 26.9 Å². The number of nitrogens with one attached hydrogen (secondary N) is 2. The van der Waals surface area contributed by atoms with Gasteiger partial charge in [-0.1, -0.05) is 29.7 Å². The summed E-state index contributed by atoms with van der Waals surface area (Å²) < 4.78 is 105. The van der Waals surface area contributed by atoms with Crippen molar-refractivity contribution in [2.45, 2.75) is 58.0 Å². The third-order valence-electron chi connectivity index (χ3n) is 9.05. The van der Waals surface area contributed by atoms with Gasteiger partial charge in [0.25, 0.3) is 18.3 Å². The number of carbonyl (C=O) groups excluding carboxylic acids is 1. The molecule has 18 heteroatoms. The molecular weight excluding hydrogens is 770 g/mol. The summed E-state index contributed by atoms with van der Waals surface area (Å²) in [6.07, 6.45) is 0.573. The van der Waals surface area contributed by atoms with Crippen LogP contribution >= 0.6 is 11.6 Å². The molecule has 2 aliphatic carbocycles. The minimum Gasteiger partial charge on any atom is -0.593 e. The van der Waals surface area contributed by atoms with Gasteiger partial charge in [0, 0.05) is 34.1 Å². The maximum absolute atomic E-state index is 15.6. The molecule has 0 saturated heterocycles. The van der Waals surface area contributed by atoms with E-state index in [1.165, 1.54) is 28.9 Å². The van der Waals surface area contributed by atoms with Crippen LogP contribution in [-0.2, 0) is 35.0 Å². The zero-order chi connectivity index (χ0) is 39.6. The zero-order valence-corrected chi connectivity index (χ0v) is 31.0. The molecular formula is C37H31ClF6N8O2S. The lowest BCUT2D eigenvalue weighted by Gasteiger charge is -2.27. The van der Waals surface area contributed by atoms with Gasteiger partial charge in [-0.05, 0) is 75.1 Å². The summed E-state index contributed by atoms with van der Waals surface area (Å²) >= 11 is 4.95. The van der Waals surface area contributed by atoms with Crippen molar-refractivity contribution in [2.24, 2.45) is 11.3 Å². The fourth-order valence-corrected chi connectivity index (χ4v) is 7.39. The Hall–Kier alpha value is -5.05. The molecule has 55 heavy (non-hydrogen) atoms. The number of halogens is 7. The number of nitrogens with zero attached hydrogens (tertiary/aromatic N) is 6. The molecule has 1 amide bonds. The molecule has 0 aliphatic heterocycles. The van der Waals surface area contributed by atoms with Crippen molar-refractivity contribution in [1.29, 1.82) is 0 Å². The molecule has 7 rings (SSSR count). The van der Waals surface area contributed by atoms with Crippen molar-refractivity contribution >= 4 is 40.5 Å². The molecule has 0 bridgehead atoms. The van der Waals surface area contributed by atoms with Crippen LogP contribution in [0, 0.1) is 34.8 Å². The highest BCUT2D eigenvalue weighted by Gasteiger charge is 2.60. The second kappa shape index (κ2) is 14.2. The van der Waals surface area contributed by atoms with Crippen LogP contribution in [0.25, 0.3) is 16.8 Å². The van der Waals surface area contributed by atoms with Crippen molar-refractivity contribution < 1.29 is 35.7 Å². The molecule has 0 saturated carbocycles. The number of rotatable bonds is 10. The van der Waals surface area contributed by atoms with E-state index in [1.54, 1.807) is 18.2 Å². The SMILES string of the molecule is C[S+]([O-])Nc1nnc2c(-c3ccc(C#CC(C)(C)C)nc3[C@H](Cc3cc(F)cc(F)c3)NC(=O)Cn3nc(C(F)F)c4c3C(F)(F)[C@@H]3C=C[C@H]43)ccc(Cl)n12. The Morgan fingerprint density at radius 1 is 1.05 bits per heavy atom. The highest BCUT2D eigenvalue weighted by molar-refractivity contribution is 7.91. The van der Waals surface area contributed by atoms with E-state index in [-0.39, 0.29) is 45.7 Å². The Morgan fingerprint density at radius 3 is 2.40 bits per heavy atom. The van der Waals surface area contributed by atoms with Gasteiger partial charge < -0.3 is 9.87 Å². The molecule has 2 aliphatic rings. The normalized spacial score (nSPS) is 18.0. The molecule has 10 nitrogen and oxygen atoms in total. The van der Waals surface area contributed by atoms with Gasteiger partial charge in [0.1, 0.15) is 46.7 Å². The van der Waals surface area contributed by atoms with E-state index in [2.05, 4.69) is 37.2 Å². The predicted molar refractivity (Wildman–Crippen MR) is 193 cm³/mol. The van der Waals surface area contributed by atoms with Gasteiger partial charge in [0.15, 0.2) is 5.65 Å². The number of alkyl halides is 4. The van der Waals surface area contributed by atoms with Crippen molar-refractivity contribution in [3.05, 3.63) is 105 Å². The number of carbonyl (C=O) groups is 1. The van der Waals surface area contributed by atoms with Crippen LogP contribution in [0.2, 0.25) is 5.15 Å². The first-order valence-electron chi connectivity index (χ1n) is 16.8. The van der Waals surface area contributed by atoms with Crippen LogP contribution in [0.15, 0.2) is 54.6 Å². The Labute approximate surface area is 318 Å². The summed E-state index contributed by atoms with van der Waals surface area (Å²) in [7, 11) is 0. The topological polar surface area (TPSA) is 125 Å². The van der Waals surface area contributed by atoms with E-state index in [4.69, 9.17) is 16.6 Å². The Balaban J connectivity index is 1.36. The van der Waals surface area contributed by atoms with E-state index >= 15 is 8.78 Å². The van der Waals surface area contributed by atoms with Crippen LogP contribution in [0.5, 0.6) is 0 Å². The summed E-state index contributed by atoms with van der Waals surface area (Å²) in [4.78, 5) is 18.7. The molecule has 1 aromatic carbocycles. The molecule has 4 atom stereocenters. The van der Waals surface area contributed by atoms with Crippen LogP contribution in [0.1, 0.15) is 73.1 Å². The fourth-order valence-electron chi connectivity index (χ4n) is 6.78. The van der Waals surface area contributed by atoms with Gasteiger partial charge in [-0.3, -0.25) is 9.48 Å². The monoisotopic (exact) mass is 800 g/mol. The minimum atomic E-state index is -3.57. The van der Waals surface area contributed by atoms with Crippen molar-refractivity contribution in [3.63, 3.8) is 0 Å². The largest absolute Gasteiger partial charge is 0.593 e. The maximum Gasteiger partial charge on any atom is 0.296 e. The Bertz CT molecular complexity index is 2410. The average Bonchev–Trinajstić information content (AvgIpc) is 3.68. The molecule has 4 heterocycles. The number of fused-ring (bicyclic) bond motifs is 4. The number of amides is 1. The Kier molecular flexibility index (Phi) is 9.89. The second-order valence-electron chi connectivity index (χ2n) is 14.2. The van der Waals surface area contributed by atoms with E-state index in [1.807, 2.05) is 20.8 Å². The van der Waals surface area contributed by atoms with E-state index in [9.17, 15) is 26.9 Å².